The maximum absolute atomic E-state index is 12.6. The van der Waals surface area contributed by atoms with Crippen LogP contribution in [0.4, 0.5) is 0 Å². The Bertz CT molecular complexity index is 828. The molecule has 8 nitrogen and oxygen atoms in total. The van der Waals surface area contributed by atoms with Crippen LogP contribution in [0.2, 0.25) is 5.02 Å². The number of rotatable bonds is 6. The number of ether oxygens (including phenoxy) is 2. The molecule has 1 aromatic carbocycles. The molecule has 0 aliphatic carbocycles. The van der Waals surface area contributed by atoms with Gasteiger partial charge in [0.2, 0.25) is 10.0 Å². The van der Waals surface area contributed by atoms with E-state index >= 15 is 0 Å². The van der Waals surface area contributed by atoms with E-state index in [9.17, 15) is 18.0 Å². The predicted octanol–water partition coefficient (Wildman–Crippen LogP) is 0.267. The topological polar surface area (TPSA) is 102 Å². The molecule has 0 unspecified atom stereocenters. The summed E-state index contributed by atoms with van der Waals surface area (Å²) in [5.74, 6) is 0.717. The molecule has 1 fully saturated rings. The molecular formula is C16H17ClN2O6S. The second kappa shape index (κ2) is 9.00. The second-order valence-electron chi connectivity index (χ2n) is 5.22. The van der Waals surface area contributed by atoms with Crippen molar-refractivity contribution in [3.05, 3.63) is 28.8 Å². The predicted molar refractivity (Wildman–Crippen MR) is 93.2 cm³/mol. The van der Waals surface area contributed by atoms with Crippen LogP contribution < -0.4 is 5.32 Å². The van der Waals surface area contributed by atoms with Gasteiger partial charge in [-0.2, -0.15) is 4.31 Å². The van der Waals surface area contributed by atoms with Crippen molar-refractivity contribution in [1.82, 2.24) is 9.62 Å². The van der Waals surface area contributed by atoms with Crippen molar-refractivity contribution in [2.45, 2.75) is 4.90 Å². The lowest BCUT2D eigenvalue weighted by Crippen LogP contribution is -2.40. The van der Waals surface area contributed by atoms with Crippen LogP contribution in [-0.2, 0) is 24.3 Å². The molecule has 0 radical (unpaired) electrons. The number of sulfonamides is 1. The third kappa shape index (κ3) is 4.95. The number of terminal acetylenes is 1. The van der Waals surface area contributed by atoms with Gasteiger partial charge < -0.3 is 14.8 Å². The second-order valence-corrected chi connectivity index (χ2v) is 7.56. The fraction of sp³-hybridized carbons (Fsp3) is 0.375. The summed E-state index contributed by atoms with van der Waals surface area (Å²) in [5.41, 5.74) is -0.147. The third-order valence-electron chi connectivity index (χ3n) is 3.49. The van der Waals surface area contributed by atoms with Gasteiger partial charge in [0.15, 0.2) is 6.61 Å². The Morgan fingerprint density at radius 1 is 1.35 bits per heavy atom. The van der Waals surface area contributed by atoms with E-state index in [1.54, 1.807) is 0 Å². The highest BCUT2D eigenvalue weighted by atomic mass is 35.5. The molecule has 2 rings (SSSR count). The Morgan fingerprint density at radius 2 is 2.04 bits per heavy atom. The Labute approximate surface area is 156 Å². The van der Waals surface area contributed by atoms with Crippen molar-refractivity contribution < 1.29 is 27.5 Å². The third-order valence-corrected chi connectivity index (χ3v) is 5.71. The van der Waals surface area contributed by atoms with E-state index in [4.69, 9.17) is 27.5 Å². The summed E-state index contributed by atoms with van der Waals surface area (Å²) in [7, 11) is -3.79. The van der Waals surface area contributed by atoms with Crippen LogP contribution in [0.25, 0.3) is 0 Å². The lowest BCUT2D eigenvalue weighted by atomic mass is 10.2. The molecule has 0 spiro atoms. The molecule has 0 aromatic heterocycles. The van der Waals surface area contributed by atoms with Crippen LogP contribution in [0.3, 0.4) is 0 Å². The first-order valence-corrected chi connectivity index (χ1v) is 9.43. The fourth-order valence-electron chi connectivity index (χ4n) is 2.17. The van der Waals surface area contributed by atoms with E-state index in [0.29, 0.717) is 13.2 Å². The first-order chi connectivity index (χ1) is 12.4. The van der Waals surface area contributed by atoms with Gasteiger partial charge in [-0.1, -0.05) is 17.5 Å². The van der Waals surface area contributed by atoms with E-state index in [1.165, 1.54) is 16.4 Å². The van der Waals surface area contributed by atoms with Gasteiger partial charge >= 0.3 is 5.97 Å². The number of hydrogen-bond acceptors (Lipinski definition) is 6. The zero-order chi connectivity index (χ0) is 19.2. The van der Waals surface area contributed by atoms with Crippen molar-refractivity contribution in [1.29, 1.82) is 0 Å². The monoisotopic (exact) mass is 400 g/mol. The quantitative estimate of drug-likeness (QED) is 0.543. The molecule has 1 aliphatic heterocycles. The molecular weight excluding hydrogens is 384 g/mol. The number of morpholine rings is 1. The number of hydrogen-bond donors (Lipinski definition) is 1. The number of esters is 1. The molecule has 1 N–H and O–H groups in total. The maximum Gasteiger partial charge on any atom is 0.340 e. The maximum atomic E-state index is 12.6. The Kier molecular flexibility index (Phi) is 6.99. The SMILES string of the molecule is C#CCNC(=O)COC(=O)c1cc(S(=O)(=O)N2CCOCC2)ccc1Cl. The minimum atomic E-state index is -3.79. The molecule has 140 valence electrons. The normalized spacial score (nSPS) is 15.1. The van der Waals surface area contributed by atoms with Gasteiger partial charge in [-0.3, -0.25) is 4.79 Å². The number of carbonyl (C=O) groups excluding carboxylic acids is 2. The Hall–Kier alpha value is -2.12. The highest BCUT2D eigenvalue weighted by Crippen LogP contribution is 2.24. The fourth-order valence-corrected chi connectivity index (χ4v) is 3.80. The lowest BCUT2D eigenvalue weighted by Gasteiger charge is -2.26. The van der Waals surface area contributed by atoms with Gasteiger partial charge in [0.1, 0.15) is 0 Å². The summed E-state index contributed by atoms with van der Waals surface area (Å²) < 4.78 is 36.6. The van der Waals surface area contributed by atoms with Crippen LogP contribution in [0.15, 0.2) is 23.1 Å². The Morgan fingerprint density at radius 3 is 2.69 bits per heavy atom. The van der Waals surface area contributed by atoms with Gasteiger partial charge in [0.25, 0.3) is 5.91 Å². The van der Waals surface area contributed by atoms with Crippen molar-refractivity contribution in [2.24, 2.45) is 0 Å². The number of amides is 1. The van der Waals surface area contributed by atoms with E-state index in [-0.39, 0.29) is 35.1 Å². The lowest BCUT2D eigenvalue weighted by molar-refractivity contribution is -0.123. The van der Waals surface area contributed by atoms with Crippen LogP contribution in [0.1, 0.15) is 10.4 Å². The molecule has 0 saturated carbocycles. The van der Waals surface area contributed by atoms with Gasteiger partial charge in [0, 0.05) is 13.1 Å². The summed E-state index contributed by atoms with van der Waals surface area (Å²) in [6.45, 7) is 0.491. The summed E-state index contributed by atoms with van der Waals surface area (Å²) in [4.78, 5) is 23.5. The van der Waals surface area contributed by atoms with Gasteiger partial charge in [-0.25, -0.2) is 13.2 Å². The first-order valence-electron chi connectivity index (χ1n) is 7.61. The molecule has 1 saturated heterocycles. The van der Waals surface area contributed by atoms with E-state index in [2.05, 4.69) is 11.2 Å². The van der Waals surface area contributed by atoms with Crippen LogP contribution >= 0.6 is 11.6 Å². The molecule has 1 aliphatic rings. The van der Waals surface area contributed by atoms with Gasteiger partial charge in [-0.15, -0.1) is 6.42 Å². The van der Waals surface area contributed by atoms with E-state index in [1.807, 2.05) is 0 Å². The highest BCUT2D eigenvalue weighted by Gasteiger charge is 2.28. The molecule has 0 bridgehead atoms. The van der Waals surface area contributed by atoms with E-state index < -0.39 is 28.5 Å². The number of benzene rings is 1. The summed E-state index contributed by atoms with van der Waals surface area (Å²) in [6, 6.07) is 3.74. The standard InChI is InChI=1S/C16H17ClN2O6S/c1-2-5-18-15(20)11-25-16(21)13-10-12(3-4-14(13)17)26(22,23)19-6-8-24-9-7-19/h1,3-4,10H,5-9,11H2,(H,18,20). The molecule has 1 amide bonds. The van der Waals surface area contributed by atoms with Crippen LogP contribution in [-0.4, -0.2) is 64.1 Å². The smallest absolute Gasteiger partial charge is 0.340 e. The van der Waals surface area contributed by atoms with Crippen molar-refractivity contribution in [3.8, 4) is 12.3 Å². The average Bonchev–Trinajstić information content (AvgIpc) is 2.65. The van der Waals surface area contributed by atoms with Crippen molar-refractivity contribution in [3.63, 3.8) is 0 Å². The molecule has 26 heavy (non-hydrogen) atoms. The molecule has 1 heterocycles. The number of nitrogens with zero attached hydrogens (tertiary/aromatic N) is 1. The summed E-state index contributed by atoms with van der Waals surface area (Å²) in [6.07, 6.45) is 5.00. The zero-order valence-corrected chi connectivity index (χ0v) is 15.3. The largest absolute Gasteiger partial charge is 0.452 e. The van der Waals surface area contributed by atoms with Gasteiger partial charge in [0.05, 0.1) is 35.2 Å². The average molecular weight is 401 g/mol. The number of nitrogens with one attached hydrogen (secondary N) is 1. The highest BCUT2D eigenvalue weighted by molar-refractivity contribution is 7.89. The molecule has 10 heteroatoms. The Balaban J connectivity index is 2.15. The molecule has 1 aromatic rings. The minimum Gasteiger partial charge on any atom is -0.452 e. The number of carbonyl (C=O) groups is 2. The zero-order valence-electron chi connectivity index (χ0n) is 13.7. The minimum absolute atomic E-state index is 0.00438. The summed E-state index contributed by atoms with van der Waals surface area (Å²) in [5, 5.41) is 2.35. The van der Waals surface area contributed by atoms with Crippen molar-refractivity contribution in [2.75, 3.05) is 39.5 Å². The summed E-state index contributed by atoms with van der Waals surface area (Å²) >= 11 is 5.97. The first kappa shape index (κ1) is 20.2. The van der Waals surface area contributed by atoms with Crippen LogP contribution in [0.5, 0.6) is 0 Å². The van der Waals surface area contributed by atoms with Gasteiger partial charge in [-0.05, 0) is 18.2 Å². The number of halogens is 1. The van der Waals surface area contributed by atoms with Crippen molar-refractivity contribution >= 4 is 33.5 Å². The molecule has 0 atom stereocenters. The van der Waals surface area contributed by atoms with E-state index in [0.717, 1.165) is 6.07 Å². The van der Waals surface area contributed by atoms with Crippen LogP contribution in [0, 0.1) is 12.3 Å².